The van der Waals surface area contributed by atoms with Crippen LogP contribution in [0, 0.1) is 0 Å². The Morgan fingerprint density at radius 2 is 0.963 bits per heavy atom. The highest BCUT2D eigenvalue weighted by molar-refractivity contribution is 6.93. The second-order valence-corrected chi connectivity index (χ2v) is 28.1. The van der Waals surface area contributed by atoms with E-state index in [0.717, 1.165) is 142 Å². The van der Waals surface area contributed by atoms with Crippen molar-refractivity contribution in [3.8, 4) is 33.4 Å². The smallest absolute Gasteiger partial charge is 0.376 e. The third kappa shape index (κ3) is 7.06. The standard InChI is InChI=1S/C76H69BN2O3/c1-72(2,3)47-28-31-60(50(36-47)46-22-16-13-17-23-46)78-62-40-53-49-24-18-19-25-63(49)81-70(53)67-54-37-51-52-38-56-58(75(8,9)34-32-73(56,4)5)41-64(52)80-66(51)43-61(54)79(48-29-26-45(27-30-48)44-20-14-12-15-21-44)77(68(62)67)71-69(78)55-39-57-59(42-65(55)82-71)76(10,11)35-33-74(57,6)7/h12-31,36-43H,32-35H2,1-11H3. The summed E-state index contributed by atoms with van der Waals surface area (Å²) in [6.45, 7) is 25.9. The molecule has 0 saturated carbocycles. The highest BCUT2D eigenvalue weighted by Gasteiger charge is 2.51. The maximum Gasteiger partial charge on any atom is 0.376 e. The van der Waals surface area contributed by atoms with Crippen molar-refractivity contribution in [1.82, 2.24) is 0 Å². The third-order valence-electron chi connectivity index (χ3n) is 20.1. The second kappa shape index (κ2) is 16.7. The van der Waals surface area contributed by atoms with Gasteiger partial charge in [-0.05, 0) is 169 Å². The molecule has 0 saturated heterocycles. The van der Waals surface area contributed by atoms with E-state index in [1.54, 1.807) is 0 Å². The monoisotopic (exact) mass is 1070 g/mol. The van der Waals surface area contributed by atoms with Gasteiger partial charge in [0.05, 0.1) is 11.4 Å². The maximum absolute atomic E-state index is 7.87. The van der Waals surface area contributed by atoms with E-state index in [1.165, 1.54) is 38.9 Å². The van der Waals surface area contributed by atoms with Crippen LogP contribution in [-0.2, 0) is 27.1 Å². The number of furan rings is 3. The molecular formula is C76H69BN2O3. The predicted octanol–water partition coefficient (Wildman–Crippen LogP) is 20.3. The van der Waals surface area contributed by atoms with Crippen molar-refractivity contribution >= 4 is 101 Å². The number of rotatable bonds is 4. The van der Waals surface area contributed by atoms with Crippen molar-refractivity contribution in [1.29, 1.82) is 0 Å². The molecule has 0 unspecified atom stereocenters. The van der Waals surface area contributed by atoms with Gasteiger partial charge < -0.3 is 23.0 Å². The normalized spacial score (nSPS) is 17.3. The first-order chi connectivity index (χ1) is 39.2. The van der Waals surface area contributed by atoms with Gasteiger partial charge in [0, 0.05) is 66.8 Å². The van der Waals surface area contributed by atoms with E-state index in [4.69, 9.17) is 13.3 Å². The lowest BCUT2D eigenvalue weighted by molar-refractivity contribution is 0.332. The van der Waals surface area contributed by atoms with Gasteiger partial charge in [0.25, 0.3) is 0 Å². The Bertz CT molecular complexity index is 4680. The van der Waals surface area contributed by atoms with Crippen LogP contribution in [0.1, 0.15) is 130 Å². The van der Waals surface area contributed by atoms with E-state index < -0.39 is 6.85 Å². The van der Waals surface area contributed by atoms with Gasteiger partial charge in [-0.25, -0.2) is 0 Å². The van der Waals surface area contributed by atoms with Crippen LogP contribution in [-0.4, -0.2) is 6.85 Å². The summed E-state index contributed by atoms with van der Waals surface area (Å²) in [5.74, 6) is 0. The molecule has 0 spiro atoms. The maximum atomic E-state index is 7.87. The summed E-state index contributed by atoms with van der Waals surface area (Å²) >= 11 is 0. The summed E-state index contributed by atoms with van der Waals surface area (Å²) in [6, 6.07) is 63.8. The molecule has 12 aromatic rings. The Kier molecular flexibility index (Phi) is 10.1. The van der Waals surface area contributed by atoms with E-state index in [1.807, 2.05) is 0 Å². The van der Waals surface area contributed by atoms with Crippen molar-refractivity contribution in [3.05, 3.63) is 198 Å². The molecule has 0 amide bonds. The largest absolute Gasteiger partial charge is 0.466 e. The molecule has 16 rings (SSSR count). The number of benzene rings is 9. The Morgan fingerprint density at radius 1 is 0.415 bits per heavy atom. The number of nitrogens with zero attached hydrogens (tertiary/aromatic N) is 2. The van der Waals surface area contributed by atoms with E-state index in [9.17, 15) is 0 Å². The zero-order chi connectivity index (χ0) is 56.1. The lowest BCUT2D eigenvalue weighted by atomic mass is 9.45. The fourth-order valence-electron chi connectivity index (χ4n) is 15.1. The predicted molar refractivity (Wildman–Crippen MR) is 345 cm³/mol. The van der Waals surface area contributed by atoms with Crippen molar-refractivity contribution in [2.45, 2.75) is 129 Å². The van der Waals surface area contributed by atoms with Crippen LogP contribution in [0.4, 0.5) is 28.4 Å². The van der Waals surface area contributed by atoms with E-state index >= 15 is 0 Å². The minimum atomic E-state index is -0.431. The summed E-state index contributed by atoms with van der Waals surface area (Å²) in [5, 5.41) is 5.55. The van der Waals surface area contributed by atoms with E-state index in [2.05, 4.69) is 256 Å². The molecule has 0 atom stereocenters. The van der Waals surface area contributed by atoms with Gasteiger partial charge in [0.2, 0.25) is 0 Å². The molecule has 4 aliphatic rings. The molecule has 2 aliphatic heterocycles. The molecule has 3 aromatic heterocycles. The van der Waals surface area contributed by atoms with Crippen LogP contribution < -0.4 is 20.8 Å². The van der Waals surface area contributed by atoms with Gasteiger partial charge in [0.15, 0.2) is 0 Å². The van der Waals surface area contributed by atoms with Crippen molar-refractivity contribution in [2.75, 3.05) is 9.71 Å². The fourth-order valence-corrected chi connectivity index (χ4v) is 15.1. The summed E-state index contributed by atoms with van der Waals surface area (Å²) in [7, 11) is 0. The van der Waals surface area contributed by atoms with Crippen LogP contribution in [0.2, 0.25) is 0 Å². The number of hydrogen-bond acceptors (Lipinski definition) is 5. The van der Waals surface area contributed by atoms with Crippen LogP contribution in [0.25, 0.3) is 88.2 Å². The Balaban J connectivity index is 1.08. The van der Waals surface area contributed by atoms with Gasteiger partial charge in [0.1, 0.15) is 33.6 Å². The van der Waals surface area contributed by atoms with Crippen LogP contribution in [0.5, 0.6) is 0 Å². The summed E-state index contributed by atoms with van der Waals surface area (Å²) in [6.07, 6.45) is 4.47. The number of anilines is 5. The van der Waals surface area contributed by atoms with Gasteiger partial charge in [-0.1, -0.05) is 173 Å². The molecule has 404 valence electrons. The second-order valence-electron chi connectivity index (χ2n) is 28.1. The molecule has 0 bridgehead atoms. The summed E-state index contributed by atoms with van der Waals surface area (Å²) in [5.41, 5.74) is 25.5. The van der Waals surface area contributed by atoms with Gasteiger partial charge in [-0.2, -0.15) is 0 Å². The quantitative estimate of drug-likeness (QED) is 0.164. The lowest BCUT2D eigenvalue weighted by Gasteiger charge is -2.44. The van der Waals surface area contributed by atoms with Crippen LogP contribution in [0.3, 0.4) is 0 Å². The van der Waals surface area contributed by atoms with Gasteiger partial charge in [-0.3, -0.25) is 0 Å². The molecule has 0 N–H and O–H groups in total. The van der Waals surface area contributed by atoms with Gasteiger partial charge in [-0.15, -0.1) is 0 Å². The van der Waals surface area contributed by atoms with E-state index in [0.29, 0.717) is 0 Å². The first-order valence-corrected chi connectivity index (χ1v) is 29.8. The first kappa shape index (κ1) is 49.6. The van der Waals surface area contributed by atoms with Crippen LogP contribution >= 0.6 is 0 Å². The first-order valence-electron chi connectivity index (χ1n) is 29.8. The topological polar surface area (TPSA) is 45.9 Å². The highest BCUT2D eigenvalue weighted by atomic mass is 16.3. The highest BCUT2D eigenvalue weighted by Crippen LogP contribution is 2.57. The Labute approximate surface area is 481 Å². The van der Waals surface area contributed by atoms with Gasteiger partial charge >= 0.3 is 6.85 Å². The summed E-state index contributed by atoms with van der Waals surface area (Å²) in [4.78, 5) is 5.17. The molecule has 82 heavy (non-hydrogen) atoms. The minimum Gasteiger partial charge on any atom is -0.466 e. The molecular weight excluding hydrogens is 1000 g/mol. The number of fused-ring (bicyclic) bond motifs is 15. The molecule has 5 heterocycles. The fraction of sp³-hybridized carbons (Fsp3) is 0.263. The average Bonchev–Trinajstić information content (AvgIpc) is 1.53. The molecule has 0 fully saturated rings. The molecule has 5 nitrogen and oxygen atoms in total. The zero-order valence-electron chi connectivity index (χ0n) is 49.2. The lowest BCUT2D eigenvalue weighted by Crippen LogP contribution is -2.61. The average molecular weight is 1070 g/mol. The van der Waals surface area contributed by atoms with Crippen molar-refractivity contribution in [2.24, 2.45) is 0 Å². The Morgan fingerprint density at radius 3 is 1.61 bits per heavy atom. The van der Waals surface area contributed by atoms with Crippen molar-refractivity contribution < 1.29 is 13.3 Å². The summed E-state index contributed by atoms with van der Waals surface area (Å²) < 4.78 is 22.4. The SMILES string of the molecule is CC(C)(C)c1ccc(N2c3cc4c(oc5ccccc54)c4c3B(c3oc5cc6c(cc5c32)C(C)(C)CCC6(C)C)N(c2ccc(-c3ccccc3)cc2)c2cc3oc5cc6c(cc5c3cc2-4)C(C)(C)CCC6(C)C)c(-c2ccccc2)c1. The molecule has 2 aliphatic carbocycles. The van der Waals surface area contributed by atoms with Crippen LogP contribution in [0.15, 0.2) is 183 Å². The van der Waals surface area contributed by atoms with E-state index in [-0.39, 0.29) is 27.1 Å². The van der Waals surface area contributed by atoms with Crippen molar-refractivity contribution in [3.63, 3.8) is 0 Å². The molecule has 9 aromatic carbocycles. The number of hydrogen-bond donors (Lipinski definition) is 0. The zero-order valence-corrected chi connectivity index (χ0v) is 49.2. The third-order valence-corrected chi connectivity index (χ3v) is 20.1. The minimum absolute atomic E-state index is 0.0218. The number of para-hydroxylation sites is 1. The Hall–Kier alpha value is -8.22. The molecule has 0 radical (unpaired) electrons. The molecule has 6 heteroatoms.